The standard InChI is InChI=1S/C14H20N2O4S/c1-16(21(19,20)11-5-3-2-4-6-11)13-8-7-10(14(17)18)9-12(13)15/h7-9,11H,2-6,15H2,1H3,(H,17,18). The maximum absolute atomic E-state index is 12.6. The lowest BCUT2D eigenvalue weighted by atomic mass is 10.0. The van der Waals surface area contributed by atoms with Crippen molar-refractivity contribution in [3.63, 3.8) is 0 Å². The van der Waals surface area contributed by atoms with Crippen LogP contribution >= 0.6 is 0 Å². The first-order valence-corrected chi connectivity index (χ1v) is 8.45. The Kier molecular flexibility index (Phi) is 4.41. The Morgan fingerprint density at radius 3 is 2.43 bits per heavy atom. The molecule has 6 nitrogen and oxygen atoms in total. The normalized spacial score (nSPS) is 16.6. The predicted molar refractivity (Wildman–Crippen MR) is 82.0 cm³/mol. The molecule has 7 heteroatoms. The molecule has 1 aromatic rings. The average molecular weight is 312 g/mol. The van der Waals surface area contributed by atoms with E-state index in [1.165, 1.54) is 29.6 Å². The van der Waals surface area contributed by atoms with E-state index in [0.717, 1.165) is 19.3 Å². The van der Waals surface area contributed by atoms with Crippen molar-refractivity contribution >= 4 is 27.4 Å². The van der Waals surface area contributed by atoms with Crippen LogP contribution in [-0.4, -0.2) is 31.8 Å². The zero-order chi connectivity index (χ0) is 15.6. The molecular weight excluding hydrogens is 292 g/mol. The summed E-state index contributed by atoms with van der Waals surface area (Å²) < 4.78 is 26.4. The molecule has 0 radical (unpaired) electrons. The number of sulfonamides is 1. The Bertz CT molecular complexity index is 636. The van der Waals surface area contributed by atoms with Gasteiger partial charge in [-0.1, -0.05) is 19.3 Å². The van der Waals surface area contributed by atoms with Crippen LogP contribution in [0.5, 0.6) is 0 Å². The number of rotatable bonds is 4. The number of nitrogens with two attached hydrogens (primary N) is 1. The highest BCUT2D eigenvalue weighted by Crippen LogP contribution is 2.31. The lowest BCUT2D eigenvalue weighted by molar-refractivity contribution is 0.0697. The Hall–Kier alpha value is -1.76. The molecule has 1 aromatic carbocycles. The van der Waals surface area contributed by atoms with Crippen LogP contribution in [0.15, 0.2) is 18.2 Å². The lowest BCUT2D eigenvalue weighted by Gasteiger charge is -2.29. The largest absolute Gasteiger partial charge is 0.478 e. The molecule has 0 aliphatic heterocycles. The van der Waals surface area contributed by atoms with E-state index >= 15 is 0 Å². The van der Waals surface area contributed by atoms with E-state index in [9.17, 15) is 13.2 Å². The fraction of sp³-hybridized carbons (Fsp3) is 0.500. The second-order valence-corrected chi connectivity index (χ2v) is 7.60. The van der Waals surface area contributed by atoms with Gasteiger partial charge in [-0.3, -0.25) is 4.31 Å². The van der Waals surface area contributed by atoms with E-state index < -0.39 is 16.0 Å². The van der Waals surface area contributed by atoms with Crippen LogP contribution in [0.3, 0.4) is 0 Å². The Labute approximate surface area is 124 Å². The van der Waals surface area contributed by atoms with Gasteiger partial charge in [-0.25, -0.2) is 13.2 Å². The highest BCUT2D eigenvalue weighted by atomic mass is 32.2. The van der Waals surface area contributed by atoms with Gasteiger partial charge in [0, 0.05) is 7.05 Å². The van der Waals surface area contributed by atoms with Crippen LogP contribution in [-0.2, 0) is 10.0 Å². The summed E-state index contributed by atoms with van der Waals surface area (Å²) in [6.07, 6.45) is 4.25. The summed E-state index contributed by atoms with van der Waals surface area (Å²) in [5, 5.41) is 8.54. The average Bonchev–Trinajstić information content (AvgIpc) is 2.47. The monoisotopic (exact) mass is 312 g/mol. The van der Waals surface area contributed by atoms with Crippen LogP contribution in [0.2, 0.25) is 0 Å². The quantitative estimate of drug-likeness (QED) is 0.829. The summed E-state index contributed by atoms with van der Waals surface area (Å²) >= 11 is 0. The van der Waals surface area contributed by atoms with Gasteiger partial charge in [0.1, 0.15) is 0 Å². The topological polar surface area (TPSA) is 101 Å². The molecule has 0 saturated heterocycles. The summed E-state index contributed by atoms with van der Waals surface area (Å²) in [6.45, 7) is 0. The smallest absolute Gasteiger partial charge is 0.335 e. The number of carboxylic acids is 1. The van der Waals surface area contributed by atoms with Crippen LogP contribution in [0.25, 0.3) is 0 Å². The fourth-order valence-electron chi connectivity index (χ4n) is 2.70. The van der Waals surface area contributed by atoms with Crippen LogP contribution in [0, 0.1) is 0 Å². The first-order chi connectivity index (χ1) is 9.84. The van der Waals surface area contributed by atoms with Crippen LogP contribution < -0.4 is 10.0 Å². The van der Waals surface area contributed by atoms with Crippen molar-refractivity contribution in [1.82, 2.24) is 0 Å². The van der Waals surface area contributed by atoms with Gasteiger partial charge in [0.05, 0.1) is 22.2 Å². The number of benzene rings is 1. The summed E-state index contributed by atoms with van der Waals surface area (Å²) in [4.78, 5) is 10.9. The van der Waals surface area contributed by atoms with Crippen LogP contribution in [0.1, 0.15) is 42.5 Å². The number of nitrogens with zero attached hydrogens (tertiary/aromatic N) is 1. The minimum atomic E-state index is -3.46. The van der Waals surface area contributed by atoms with E-state index in [2.05, 4.69) is 0 Å². The van der Waals surface area contributed by atoms with E-state index in [-0.39, 0.29) is 16.5 Å². The number of aromatic carboxylic acids is 1. The van der Waals surface area contributed by atoms with E-state index in [4.69, 9.17) is 10.8 Å². The number of carbonyl (C=O) groups is 1. The van der Waals surface area contributed by atoms with Crippen molar-refractivity contribution < 1.29 is 18.3 Å². The van der Waals surface area contributed by atoms with Crippen molar-refractivity contribution in [1.29, 1.82) is 0 Å². The molecule has 21 heavy (non-hydrogen) atoms. The van der Waals surface area contributed by atoms with E-state index in [1.54, 1.807) is 0 Å². The highest BCUT2D eigenvalue weighted by molar-refractivity contribution is 7.93. The zero-order valence-corrected chi connectivity index (χ0v) is 12.8. The fourth-order valence-corrected chi connectivity index (χ4v) is 4.51. The third-order valence-electron chi connectivity index (χ3n) is 3.97. The third kappa shape index (κ3) is 3.12. The molecule has 0 heterocycles. The van der Waals surface area contributed by atoms with Crippen molar-refractivity contribution in [3.8, 4) is 0 Å². The minimum absolute atomic E-state index is 0.0414. The highest BCUT2D eigenvalue weighted by Gasteiger charge is 2.32. The van der Waals surface area contributed by atoms with Crippen molar-refractivity contribution in [2.45, 2.75) is 37.4 Å². The van der Waals surface area contributed by atoms with Gasteiger partial charge in [-0.05, 0) is 31.0 Å². The molecule has 116 valence electrons. The summed E-state index contributed by atoms with van der Waals surface area (Å²) in [7, 11) is -2.00. The van der Waals surface area contributed by atoms with Gasteiger partial charge >= 0.3 is 5.97 Å². The molecule has 1 aliphatic carbocycles. The molecule has 0 atom stereocenters. The molecule has 1 aliphatic rings. The van der Waals surface area contributed by atoms with Gasteiger partial charge in [-0.2, -0.15) is 0 Å². The molecule has 1 saturated carbocycles. The number of nitrogen functional groups attached to an aromatic ring is 1. The van der Waals surface area contributed by atoms with Gasteiger partial charge in [0.15, 0.2) is 0 Å². The maximum Gasteiger partial charge on any atom is 0.335 e. The third-order valence-corrected chi connectivity index (χ3v) is 6.24. The first-order valence-electron chi connectivity index (χ1n) is 6.94. The van der Waals surface area contributed by atoms with Crippen LogP contribution in [0.4, 0.5) is 11.4 Å². The SMILES string of the molecule is CN(c1ccc(C(=O)O)cc1N)S(=O)(=O)C1CCCCC1. The zero-order valence-electron chi connectivity index (χ0n) is 11.9. The molecule has 1 fully saturated rings. The first kappa shape index (κ1) is 15.6. The van der Waals surface area contributed by atoms with Gasteiger partial charge < -0.3 is 10.8 Å². The molecule has 3 N–H and O–H groups in total. The molecule has 0 unspecified atom stereocenters. The second-order valence-electron chi connectivity index (χ2n) is 5.35. The number of hydrogen-bond acceptors (Lipinski definition) is 4. The van der Waals surface area contributed by atoms with Crippen molar-refractivity contribution in [2.75, 3.05) is 17.1 Å². The van der Waals surface area contributed by atoms with E-state index in [1.807, 2.05) is 0 Å². The molecule has 0 aromatic heterocycles. The van der Waals surface area contributed by atoms with Gasteiger partial charge in [-0.15, -0.1) is 0 Å². The van der Waals surface area contributed by atoms with Crippen molar-refractivity contribution in [3.05, 3.63) is 23.8 Å². The molecular formula is C14H20N2O4S. The Morgan fingerprint density at radius 1 is 1.29 bits per heavy atom. The molecule has 0 spiro atoms. The summed E-state index contributed by atoms with van der Waals surface area (Å²) in [6, 6.07) is 4.09. The van der Waals surface area contributed by atoms with E-state index in [0.29, 0.717) is 18.5 Å². The predicted octanol–water partition coefficient (Wildman–Crippen LogP) is 2.07. The summed E-state index contributed by atoms with van der Waals surface area (Å²) in [5.74, 6) is -1.09. The number of anilines is 2. The minimum Gasteiger partial charge on any atom is -0.478 e. The Morgan fingerprint density at radius 2 is 1.90 bits per heavy atom. The molecule has 0 amide bonds. The number of carboxylic acid groups (broad SMARTS) is 1. The lowest BCUT2D eigenvalue weighted by Crippen LogP contribution is -2.37. The van der Waals surface area contributed by atoms with Gasteiger partial charge in [0.25, 0.3) is 0 Å². The Balaban J connectivity index is 2.30. The second kappa shape index (κ2) is 5.93. The van der Waals surface area contributed by atoms with Gasteiger partial charge in [0.2, 0.25) is 10.0 Å². The number of hydrogen-bond donors (Lipinski definition) is 2. The molecule has 2 rings (SSSR count). The summed E-state index contributed by atoms with van der Waals surface area (Å²) in [5.41, 5.74) is 6.33. The maximum atomic E-state index is 12.6. The molecule has 0 bridgehead atoms. The van der Waals surface area contributed by atoms with Crippen molar-refractivity contribution in [2.24, 2.45) is 0 Å².